The third-order valence-corrected chi connectivity index (χ3v) is 0.697. The number of allylic oxidation sites excluding steroid dienone is 1. The zero-order valence-corrected chi connectivity index (χ0v) is 7.17. The second-order valence-electron chi connectivity index (χ2n) is 2.66. The van der Waals surface area contributed by atoms with Gasteiger partial charge in [0, 0.05) is 19.5 Å². The van der Waals surface area contributed by atoms with Gasteiger partial charge in [0.1, 0.15) is 0 Å². The Hall–Kier alpha value is 0.363. The fraction of sp³-hybridized carbons (Fsp3) is 0.571. The third kappa shape index (κ3) is 9.61. The van der Waals surface area contributed by atoms with E-state index in [1.165, 1.54) is 0 Å². The van der Waals surface area contributed by atoms with Crippen LogP contribution in [-0.4, -0.2) is 0 Å². The molecule has 0 saturated carbocycles. The Labute approximate surface area is 65.1 Å². The molecule has 0 aliphatic heterocycles. The zero-order valence-electron chi connectivity index (χ0n) is 5.53. The normalized spacial score (nSPS) is 9.88. The summed E-state index contributed by atoms with van der Waals surface area (Å²) in [5, 5.41) is 0. The van der Waals surface area contributed by atoms with Crippen molar-refractivity contribution in [2.45, 2.75) is 20.3 Å². The second kappa shape index (κ2) is 4.26. The van der Waals surface area contributed by atoms with Crippen LogP contribution in [0.25, 0.3) is 0 Å². The van der Waals surface area contributed by atoms with Crippen molar-refractivity contribution in [2.24, 2.45) is 5.41 Å². The van der Waals surface area contributed by atoms with E-state index in [2.05, 4.69) is 27.4 Å². The summed E-state index contributed by atoms with van der Waals surface area (Å²) in [5.74, 6) is 0. The van der Waals surface area contributed by atoms with Gasteiger partial charge < -0.3 is 6.92 Å². The first kappa shape index (κ1) is 11.2. The monoisotopic (exact) mass is 200 g/mol. The molecule has 0 heterocycles. The average Bonchev–Trinajstić information content (AvgIpc) is 1.30. The van der Waals surface area contributed by atoms with Crippen LogP contribution in [0.3, 0.4) is 0 Å². The van der Waals surface area contributed by atoms with Crippen molar-refractivity contribution in [1.82, 2.24) is 0 Å². The molecule has 0 aromatic carbocycles. The van der Waals surface area contributed by atoms with Gasteiger partial charge in [0.05, 0.1) is 0 Å². The van der Waals surface area contributed by atoms with E-state index >= 15 is 0 Å². The molecule has 0 aliphatic carbocycles. The molecule has 0 atom stereocenters. The van der Waals surface area contributed by atoms with E-state index in [0.717, 1.165) is 6.42 Å². The van der Waals surface area contributed by atoms with Crippen molar-refractivity contribution in [3.63, 3.8) is 0 Å². The van der Waals surface area contributed by atoms with Crippen LogP contribution < -0.4 is 0 Å². The second-order valence-corrected chi connectivity index (χ2v) is 2.66. The van der Waals surface area contributed by atoms with E-state index in [-0.39, 0.29) is 24.9 Å². The molecule has 0 aromatic rings. The van der Waals surface area contributed by atoms with Crippen LogP contribution in [0.4, 0.5) is 0 Å². The van der Waals surface area contributed by atoms with E-state index in [1.54, 1.807) is 0 Å². The Kier molecular flexibility index (Phi) is 5.97. The van der Waals surface area contributed by atoms with Crippen LogP contribution >= 0.6 is 0 Å². The van der Waals surface area contributed by atoms with Crippen LogP contribution in [0.5, 0.6) is 0 Å². The molecule has 0 nitrogen and oxygen atoms in total. The minimum absolute atomic E-state index is 0. The Bertz CT molecular complexity index is 59.3. The van der Waals surface area contributed by atoms with E-state index in [1.807, 2.05) is 6.08 Å². The molecular weight excluding hydrogens is 187 g/mol. The Morgan fingerprint density at radius 2 is 2.00 bits per heavy atom. The van der Waals surface area contributed by atoms with Crippen molar-refractivity contribution >= 4 is 0 Å². The number of rotatable bonds is 2. The summed E-state index contributed by atoms with van der Waals surface area (Å²) < 4.78 is 0. The average molecular weight is 200 g/mol. The fourth-order valence-corrected chi connectivity index (χ4v) is 0.391. The van der Waals surface area contributed by atoms with Crippen LogP contribution in [0.2, 0.25) is 0 Å². The van der Waals surface area contributed by atoms with E-state index in [4.69, 9.17) is 0 Å². The molecule has 8 heavy (non-hydrogen) atoms. The summed E-state index contributed by atoms with van der Waals surface area (Å²) in [6.07, 6.45) is 2.89. The summed E-state index contributed by atoms with van der Waals surface area (Å²) in [6.45, 7) is 11.7. The van der Waals surface area contributed by atoms with Crippen LogP contribution in [-0.2, 0) is 19.5 Å². The van der Waals surface area contributed by atoms with E-state index < -0.39 is 0 Å². The van der Waals surface area contributed by atoms with E-state index in [9.17, 15) is 0 Å². The maximum atomic E-state index is 3.89. The summed E-state index contributed by atoms with van der Waals surface area (Å²) in [7, 11) is 0. The molecule has 0 aromatic heterocycles. The predicted molar refractivity (Wildman–Crippen MR) is 34.0 cm³/mol. The largest absolute Gasteiger partial charge is 0.337 e. The smallest absolute Gasteiger partial charge is 0 e. The molecule has 0 saturated heterocycles. The summed E-state index contributed by atoms with van der Waals surface area (Å²) >= 11 is 0. The molecule has 0 aliphatic rings. The van der Waals surface area contributed by atoms with Gasteiger partial charge in [0.2, 0.25) is 0 Å². The first-order valence-corrected chi connectivity index (χ1v) is 2.52. The van der Waals surface area contributed by atoms with Crippen molar-refractivity contribution in [3.8, 4) is 0 Å². The first-order valence-electron chi connectivity index (χ1n) is 2.52. The molecule has 0 rings (SSSR count). The molecule has 0 amide bonds. The molecule has 0 N–H and O–H groups in total. The zero-order chi connectivity index (χ0) is 5.91. The van der Waals surface area contributed by atoms with Crippen LogP contribution in [0, 0.1) is 12.3 Å². The number of hydrogen-bond donors (Lipinski definition) is 0. The first-order chi connectivity index (χ1) is 3.06. The minimum atomic E-state index is 0. The van der Waals surface area contributed by atoms with Gasteiger partial charge >= 0.3 is 0 Å². The van der Waals surface area contributed by atoms with Crippen molar-refractivity contribution in [3.05, 3.63) is 19.6 Å². The van der Waals surface area contributed by atoms with Gasteiger partial charge in [-0.05, 0) is 0 Å². The van der Waals surface area contributed by atoms with Crippen LogP contribution in [0.15, 0.2) is 12.7 Å². The van der Waals surface area contributed by atoms with Gasteiger partial charge in [-0.1, -0.05) is 26.3 Å². The van der Waals surface area contributed by atoms with Gasteiger partial charge in [-0.3, -0.25) is 0 Å². The molecular formula is C7H13Rh-. The Balaban J connectivity index is 0. The summed E-state index contributed by atoms with van der Waals surface area (Å²) in [5.41, 5.74) is 0.182. The maximum absolute atomic E-state index is 3.89. The van der Waals surface area contributed by atoms with Gasteiger partial charge in [0.15, 0.2) is 0 Å². The van der Waals surface area contributed by atoms with Crippen molar-refractivity contribution in [2.75, 3.05) is 0 Å². The fourth-order valence-electron chi connectivity index (χ4n) is 0.391. The molecule has 1 radical (unpaired) electrons. The van der Waals surface area contributed by atoms with Crippen molar-refractivity contribution in [1.29, 1.82) is 0 Å². The number of hydrogen-bond acceptors (Lipinski definition) is 0. The van der Waals surface area contributed by atoms with E-state index in [0.29, 0.717) is 0 Å². The molecule has 0 bridgehead atoms. The Morgan fingerprint density at radius 1 is 1.62 bits per heavy atom. The maximum Gasteiger partial charge on any atom is 0 e. The van der Waals surface area contributed by atoms with Crippen LogP contribution in [0.1, 0.15) is 20.3 Å². The standard InChI is InChI=1S/C7H13.Rh/c1-5-6-7(2,3)4;/h5H,1-2,6H2,3-4H3;/q-1;. The van der Waals surface area contributed by atoms with Crippen molar-refractivity contribution < 1.29 is 19.5 Å². The topological polar surface area (TPSA) is 0 Å². The third-order valence-electron chi connectivity index (χ3n) is 0.697. The quantitative estimate of drug-likeness (QED) is 0.364. The molecule has 51 valence electrons. The molecule has 0 unspecified atom stereocenters. The molecule has 0 fully saturated rings. The van der Waals surface area contributed by atoms with Gasteiger partial charge in [-0.15, -0.1) is 6.58 Å². The summed E-state index contributed by atoms with van der Waals surface area (Å²) in [6, 6.07) is 0. The van der Waals surface area contributed by atoms with Gasteiger partial charge in [0.25, 0.3) is 0 Å². The van der Waals surface area contributed by atoms with Gasteiger partial charge in [-0.2, -0.15) is 5.41 Å². The Morgan fingerprint density at radius 3 is 2.00 bits per heavy atom. The molecule has 1 heteroatoms. The predicted octanol–water partition coefficient (Wildman–Crippen LogP) is 2.42. The summed E-state index contributed by atoms with van der Waals surface area (Å²) in [4.78, 5) is 0. The molecule has 0 spiro atoms. The minimum Gasteiger partial charge on any atom is -0.337 e. The SMILES string of the molecule is C=CCC([CH2-])(C)C.[Rh]. The van der Waals surface area contributed by atoms with Gasteiger partial charge in [-0.25, -0.2) is 0 Å².